The van der Waals surface area contributed by atoms with Crippen molar-refractivity contribution in [3.05, 3.63) is 28.2 Å². The number of amides is 1. The van der Waals surface area contributed by atoms with E-state index in [0.29, 0.717) is 23.7 Å². The Morgan fingerprint density at radius 1 is 1.50 bits per heavy atom. The molecule has 1 amide bonds. The van der Waals surface area contributed by atoms with Crippen molar-refractivity contribution >= 4 is 22.0 Å². The number of primary amides is 1. The number of benzene rings is 1. The van der Waals surface area contributed by atoms with Gasteiger partial charge in [0.25, 0.3) is 0 Å². The summed E-state index contributed by atoms with van der Waals surface area (Å²) in [6.07, 6.45) is -0.611. The predicted molar refractivity (Wildman–Crippen MR) is 78.3 cm³/mol. The Hall–Kier alpha value is -1.74. The van der Waals surface area contributed by atoms with Crippen molar-refractivity contribution in [1.29, 1.82) is 5.26 Å². The first kappa shape index (κ1) is 16.3. The van der Waals surface area contributed by atoms with E-state index in [4.69, 9.17) is 20.5 Å². The summed E-state index contributed by atoms with van der Waals surface area (Å²) in [5.74, 6) is 0.792. The molecule has 20 heavy (non-hydrogen) atoms. The van der Waals surface area contributed by atoms with E-state index in [-0.39, 0.29) is 6.61 Å². The van der Waals surface area contributed by atoms with E-state index in [1.54, 1.807) is 18.2 Å². The molecule has 0 aliphatic rings. The first-order valence-corrected chi connectivity index (χ1v) is 7.00. The molecule has 0 spiro atoms. The minimum atomic E-state index is -0.824. The van der Waals surface area contributed by atoms with Crippen molar-refractivity contribution < 1.29 is 14.3 Å². The third-order valence-electron chi connectivity index (χ3n) is 2.50. The molecule has 0 saturated heterocycles. The van der Waals surface area contributed by atoms with Crippen LogP contribution in [0.2, 0.25) is 0 Å². The number of nitriles is 1. The van der Waals surface area contributed by atoms with Crippen molar-refractivity contribution in [3.8, 4) is 11.8 Å². The third kappa shape index (κ3) is 5.49. The highest BCUT2D eigenvalue weighted by atomic mass is 79.9. The van der Waals surface area contributed by atoms with Gasteiger partial charge in [-0.25, -0.2) is 4.79 Å². The standard InChI is InChI=1S/C14H17BrN2O3/c1-9(2)5-12(20-14(17)18)8-19-13-4-3-11(15)6-10(13)7-16/h3-4,6,9,12H,5,8H2,1-2H3,(H2,17,18). The van der Waals surface area contributed by atoms with Gasteiger partial charge < -0.3 is 15.2 Å². The summed E-state index contributed by atoms with van der Waals surface area (Å²) in [4.78, 5) is 10.9. The Kier molecular flexibility index (Phi) is 6.32. The van der Waals surface area contributed by atoms with Crippen LogP contribution in [0.1, 0.15) is 25.8 Å². The van der Waals surface area contributed by atoms with E-state index < -0.39 is 12.2 Å². The number of nitrogens with zero attached hydrogens (tertiary/aromatic N) is 1. The van der Waals surface area contributed by atoms with Crippen LogP contribution in [0, 0.1) is 17.2 Å². The highest BCUT2D eigenvalue weighted by molar-refractivity contribution is 9.10. The predicted octanol–water partition coefficient (Wildman–Crippen LogP) is 3.21. The van der Waals surface area contributed by atoms with Crippen LogP contribution in [0.25, 0.3) is 0 Å². The summed E-state index contributed by atoms with van der Waals surface area (Å²) in [7, 11) is 0. The zero-order valence-corrected chi connectivity index (χ0v) is 13.0. The fraction of sp³-hybridized carbons (Fsp3) is 0.429. The molecule has 1 aromatic carbocycles. The first-order valence-electron chi connectivity index (χ1n) is 6.21. The van der Waals surface area contributed by atoms with Crippen LogP contribution in [-0.2, 0) is 4.74 Å². The van der Waals surface area contributed by atoms with E-state index in [2.05, 4.69) is 22.0 Å². The number of halogens is 1. The molecular formula is C14H17BrN2O3. The monoisotopic (exact) mass is 340 g/mol. The lowest BCUT2D eigenvalue weighted by Gasteiger charge is -2.19. The van der Waals surface area contributed by atoms with Gasteiger partial charge in [0.2, 0.25) is 0 Å². The molecule has 1 atom stereocenters. The molecule has 0 aliphatic heterocycles. The molecule has 0 aromatic heterocycles. The number of ether oxygens (including phenoxy) is 2. The molecule has 0 aliphatic carbocycles. The molecular weight excluding hydrogens is 324 g/mol. The first-order chi connectivity index (χ1) is 9.42. The van der Waals surface area contributed by atoms with Crippen LogP contribution < -0.4 is 10.5 Å². The number of nitrogens with two attached hydrogens (primary N) is 1. The van der Waals surface area contributed by atoms with Gasteiger partial charge in [-0.3, -0.25) is 0 Å². The normalized spacial score (nSPS) is 11.8. The smallest absolute Gasteiger partial charge is 0.404 e. The van der Waals surface area contributed by atoms with E-state index in [1.165, 1.54) is 0 Å². The zero-order valence-electron chi connectivity index (χ0n) is 11.4. The number of carbonyl (C=O) groups excluding carboxylic acids is 1. The number of rotatable bonds is 6. The second kappa shape index (κ2) is 7.75. The van der Waals surface area contributed by atoms with Crippen molar-refractivity contribution in [3.63, 3.8) is 0 Å². The maximum absolute atomic E-state index is 10.9. The molecule has 0 heterocycles. The van der Waals surface area contributed by atoms with Gasteiger partial charge in [-0.15, -0.1) is 0 Å². The second-order valence-corrected chi connectivity index (χ2v) is 5.67. The van der Waals surface area contributed by atoms with Gasteiger partial charge in [0.05, 0.1) is 5.56 Å². The summed E-state index contributed by atoms with van der Waals surface area (Å²) in [6.45, 7) is 4.19. The average molecular weight is 341 g/mol. The second-order valence-electron chi connectivity index (χ2n) is 4.75. The highest BCUT2D eigenvalue weighted by Gasteiger charge is 2.16. The Morgan fingerprint density at radius 3 is 2.75 bits per heavy atom. The number of hydrogen-bond donors (Lipinski definition) is 1. The summed E-state index contributed by atoms with van der Waals surface area (Å²) >= 11 is 3.29. The topological polar surface area (TPSA) is 85.3 Å². The third-order valence-corrected chi connectivity index (χ3v) is 3.00. The minimum absolute atomic E-state index is 0.164. The molecule has 108 valence electrons. The summed E-state index contributed by atoms with van der Waals surface area (Å²) in [5, 5.41) is 9.04. The molecule has 0 bridgehead atoms. The molecule has 0 fully saturated rings. The van der Waals surface area contributed by atoms with Crippen LogP contribution >= 0.6 is 15.9 Å². The van der Waals surface area contributed by atoms with Crippen LogP contribution in [0.3, 0.4) is 0 Å². The lowest BCUT2D eigenvalue weighted by molar-refractivity contribution is 0.0590. The maximum atomic E-state index is 10.9. The van der Waals surface area contributed by atoms with E-state index >= 15 is 0 Å². The average Bonchev–Trinajstić information content (AvgIpc) is 2.35. The van der Waals surface area contributed by atoms with Gasteiger partial charge in [-0.05, 0) is 30.5 Å². The Labute approximate surface area is 126 Å². The van der Waals surface area contributed by atoms with Crippen LogP contribution in [-0.4, -0.2) is 18.8 Å². The van der Waals surface area contributed by atoms with Gasteiger partial charge in [0, 0.05) is 4.47 Å². The minimum Gasteiger partial charge on any atom is -0.488 e. The molecule has 2 N–H and O–H groups in total. The maximum Gasteiger partial charge on any atom is 0.404 e. The summed E-state index contributed by atoms with van der Waals surface area (Å²) < 4.78 is 11.4. The lowest BCUT2D eigenvalue weighted by atomic mass is 10.1. The van der Waals surface area contributed by atoms with E-state index in [1.807, 2.05) is 13.8 Å². The molecule has 1 unspecified atom stereocenters. The van der Waals surface area contributed by atoms with Crippen molar-refractivity contribution in [2.45, 2.75) is 26.4 Å². The van der Waals surface area contributed by atoms with Crippen molar-refractivity contribution in [2.75, 3.05) is 6.61 Å². The summed E-state index contributed by atoms with van der Waals surface area (Å²) in [5.41, 5.74) is 5.46. The van der Waals surface area contributed by atoms with Crippen LogP contribution in [0.5, 0.6) is 5.75 Å². The molecule has 6 heteroatoms. The van der Waals surface area contributed by atoms with Gasteiger partial charge in [0.15, 0.2) is 0 Å². The molecule has 1 rings (SSSR count). The quantitative estimate of drug-likeness (QED) is 0.861. The van der Waals surface area contributed by atoms with Crippen LogP contribution in [0.15, 0.2) is 22.7 Å². The molecule has 5 nitrogen and oxygen atoms in total. The zero-order chi connectivity index (χ0) is 15.1. The lowest BCUT2D eigenvalue weighted by Crippen LogP contribution is -2.29. The van der Waals surface area contributed by atoms with Gasteiger partial charge in [-0.1, -0.05) is 29.8 Å². The Balaban J connectivity index is 2.72. The fourth-order valence-electron chi connectivity index (χ4n) is 1.74. The van der Waals surface area contributed by atoms with Gasteiger partial charge in [-0.2, -0.15) is 5.26 Å². The number of carbonyl (C=O) groups is 1. The molecule has 1 aromatic rings. The largest absolute Gasteiger partial charge is 0.488 e. The van der Waals surface area contributed by atoms with E-state index in [0.717, 1.165) is 4.47 Å². The molecule has 0 saturated carbocycles. The van der Waals surface area contributed by atoms with Gasteiger partial charge in [0.1, 0.15) is 24.5 Å². The Morgan fingerprint density at radius 2 is 2.20 bits per heavy atom. The van der Waals surface area contributed by atoms with Crippen molar-refractivity contribution in [1.82, 2.24) is 0 Å². The van der Waals surface area contributed by atoms with E-state index in [9.17, 15) is 4.79 Å². The highest BCUT2D eigenvalue weighted by Crippen LogP contribution is 2.23. The SMILES string of the molecule is CC(C)CC(COc1ccc(Br)cc1C#N)OC(N)=O. The van der Waals surface area contributed by atoms with Crippen LogP contribution in [0.4, 0.5) is 4.79 Å². The fourth-order valence-corrected chi connectivity index (χ4v) is 2.10. The van der Waals surface area contributed by atoms with Crippen molar-refractivity contribution in [2.24, 2.45) is 11.7 Å². The Bertz CT molecular complexity index is 512. The van der Waals surface area contributed by atoms with Gasteiger partial charge >= 0.3 is 6.09 Å². The molecule has 0 radical (unpaired) electrons. The summed E-state index contributed by atoms with van der Waals surface area (Å²) in [6, 6.07) is 7.20. The number of hydrogen-bond acceptors (Lipinski definition) is 4.